The van der Waals surface area contributed by atoms with Gasteiger partial charge in [-0.3, -0.25) is 9.79 Å². The number of guanidine groups is 1. The number of carbonyl (C=O) groups excluding carboxylic acids is 1. The molecule has 6 nitrogen and oxygen atoms in total. The Labute approximate surface area is 194 Å². The minimum absolute atomic E-state index is 0. The number of hydrogen-bond acceptors (Lipinski definition) is 4. The number of benzene rings is 1. The van der Waals surface area contributed by atoms with Crippen LogP contribution in [0.5, 0.6) is 0 Å². The van der Waals surface area contributed by atoms with E-state index in [1.54, 1.807) is 18.4 Å². The minimum atomic E-state index is 0. The molecule has 29 heavy (non-hydrogen) atoms. The number of carbonyl (C=O) groups is 1. The van der Waals surface area contributed by atoms with Crippen LogP contribution in [0.4, 0.5) is 5.69 Å². The molecule has 0 bridgehead atoms. The van der Waals surface area contributed by atoms with E-state index in [0.29, 0.717) is 13.1 Å². The van der Waals surface area contributed by atoms with Gasteiger partial charge >= 0.3 is 0 Å². The molecular formula is C21H30IN5OS. The monoisotopic (exact) mass is 527 g/mol. The van der Waals surface area contributed by atoms with E-state index in [9.17, 15) is 4.79 Å². The van der Waals surface area contributed by atoms with Gasteiger partial charge in [0.2, 0.25) is 5.91 Å². The Balaban J connectivity index is 0.00000300. The van der Waals surface area contributed by atoms with Crippen LogP contribution in [0.25, 0.3) is 0 Å². The normalized spacial score (nSPS) is 14.8. The van der Waals surface area contributed by atoms with Crippen molar-refractivity contribution in [1.82, 2.24) is 15.6 Å². The van der Waals surface area contributed by atoms with Crippen LogP contribution in [0, 0.1) is 12.8 Å². The van der Waals surface area contributed by atoms with Gasteiger partial charge in [-0.15, -0.1) is 35.3 Å². The summed E-state index contributed by atoms with van der Waals surface area (Å²) in [6, 6.07) is 7.98. The highest BCUT2D eigenvalue weighted by atomic mass is 127. The number of aliphatic imine (C=N–C) groups is 1. The molecule has 1 aliphatic rings. The minimum Gasteiger partial charge on any atom is -0.352 e. The van der Waals surface area contributed by atoms with Gasteiger partial charge in [-0.1, -0.05) is 31.4 Å². The van der Waals surface area contributed by atoms with Crippen LogP contribution < -0.4 is 16.0 Å². The second kappa shape index (κ2) is 12.1. The molecule has 0 radical (unpaired) electrons. The summed E-state index contributed by atoms with van der Waals surface area (Å²) in [5, 5.41) is 10.7. The largest absolute Gasteiger partial charge is 0.352 e. The lowest BCUT2D eigenvalue weighted by Crippen LogP contribution is -2.36. The third-order valence-corrected chi connectivity index (χ3v) is 5.84. The first-order valence-corrected chi connectivity index (χ1v) is 10.7. The fraction of sp³-hybridized carbons (Fsp3) is 0.476. The fourth-order valence-electron chi connectivity index (χ4n) is 3.42. The topological polar surface area (TPSA) is 78.4 Å². The molecule has 2 aromatic rings. The average Bonchev–Trinajstić information content (AvgIpc) is 3.14. The molecule has 1 aromatic carbocycles. The van der Waals surface area contributed by atoms with E-state index in [1.165, 1.54) is 11.3 Å². The SMILES string of the molecule is CN=C(NCc1cccc(NC(=O)C2CCCCC2)c1)NCc1ncc(C)s1.I. The maximum absolute atomic E-state index is 12.5. The van der Waals surface area contributed by atoms with Crippen LogP contribution in [-0.4, -0.2) is 23.9 Å². The zero-order valence-corrected chi connectivity index (χ0v) is 20.2. The van der Waals surface area contributed by atoms with Crippen LogP contribution in [0.15, 0.2) is 35.5 Å². The number of halogens is 1. The molecule has 158 valence electrons. The molecule has 0 saturated heterocycles. The Morgan fingerprint density at radius 2 is 1.97 bits per heavy atom. The molecule has 1 aromatic heterocycles. The quantitative estimate of drug-likeness (QED) is 0.295. The molecule has 3 rings (SSSR count). The number of nitrogens with zero attached hydrogens (tertiary/aromatic N) is 2. The highest BCUT2D eigenvalue weighted by Gasteiger charge is 2.21. The van der Waals surface area contributed by atoms with Crippen LogP contribution in [0.2, 0.25) is 0 Å². The Morgan fingerprint density at radius 1 is 1.21 bits per heavy atom. The molecule has 0 atom stereocenters. The first-order valence-electron chi connectivity index (χ1n) is 9.89. The number of rotatable bonds is 6. The van der Waals surface area contributed by atoms with Gasteiger partial charge in [0.25, 0.3) is 0 Å². The van der Waals surface area contributed by atoms with Gasteiger partial charge < -0.3 is 16.0 Å². The summed E-state index contributed by atoms with van der Waals surface area (Å²) in [5.41, 5.74) is 1.95. The summed E-state index contributed by atoms with van der Waals surface area (Å²) in [6.07, 6.45) is 7.47. The van der Waals surface area contributed by atoms with Crippen molar-refractivity contribution in [3.63, 3.8) is 0 Å². The van der Waals surface area contributed by atoms with Gasteiger partial charge in [0.15, 0.2) is 5.96 Å². The van der Waals surface area contributed by atoms with Crippen LogP contribution in [0.1, 0.15) is 47.6 Å². The molecule has 0 aliphatic heterocycles. The summed E-state index contributed by atoms with van der Waals surface area (Å²) < 4.78 is 0. The second-order valence-electron chi connectivity index (χ2n) is 7.17. The van der Waals surface area contributed by atoms with Crippen molar-refractivity contribution in [2.75, 3.05) is 12.4 Å². The van der Waals surface area contributed by atoms with Crippen LogP contribution in [0.3, 0.4) is 0 Å². The van der Waals surface area contributed by atoms with Crippen LogP contribution in [-0.2, 0) is 17.9 Å². The lowest BCUT2D eigenvalue weighted by Gasteiger charge is -2.21. The number of anilines is 1. The molecule has 1 heterocycles. The number of aromatic nitrogens is 1. The van der Waals surface area contributed by atoms with Crippen molar-refractivity contribution in [3.05, 3.63) is 45.9 Å². The lowest BCUT2D eigenvalue weighted by molar-refractivity contribution is -0.120. The smallest absolute Gasteiger partial charge is 0.227 e. The van der Waals surface area contributed by atoms with Crippen LogP contribution >= 0.6 is 35.3 Å². The zero-order chi connectivity index (χ0) is 19.8. The van der Waals surface area contributed by atoms with E-state index < -0.39 is 0 Å². The van der Waals surface area contributed by atoms with E-state index in [-0.39, 0.29) is 35.8 Å². The number of thiazole rings is 1. The third kappa shape index (κ3) is 7.58. The lowest BCUT2D eigenvalue weighted by atomic mass is 9.88. The maximum Gasteiger partial charge on any atom is 0.227 e. The number of aryl methyl sites for hydroxylation is 1. The van der Waals surface area contributed by atoms with Gasteiger partial charge in [-0.05, 0) is 37.5 Å². The average molecular weight is 527 g/mol. The van der Waals surface area contributed by atoms with E-state index in [0.717, 1.165) is 47.9 Å². The molecule has 0 unspecified atom stereocenters. The first kappa shape index (κ1) is 23.6. The Bertz CT molecular complexity index is 817. The predicted octanol–water partition coefficient (Wildman–Crippen LogP) is 4.45. The summed E-state index contributed by atoms with van der Waals surface area (Å²) in [6.45, 7) is 3.33. The zero-order valence-electron chi connectivity index (χ0n) is 17.0. The maximum atomic E-state index is 12.5. The molecule has 1 fully saturated rings. The third-order valence-electron chi connectivity index (χ3n) is 4.93. The number of nitrogens with one attached hydrogen (secondary N) is 3. The summed E-state index contributed by atoms with van der Waals surface area (Å²) in [5.74, 6) is 1.04. The Morgan fingerprint density at radius 3 is 2.66 bits per heavy atom. The van der Waals surface area contributed by atoms with Gasteiger partial charge in [-0.2, -0.15) is 0 Å². The van der Waals surface area contributed by atoms with E-state index in [2.05, 4.69) is 25.9 Å². The summed E-state index contributed by atoms with van der Waals surface area (Å²) >= 11 is 1.68. The number of amides is 1. The van der Waals surface area contributed by atoms with E-state index in [4.69, 9.17) is 0 Å². The van der Waals surface area contributed by atoms with Crippen molar-refractivity contribution < 1.29 is 4.79 Å². The second-order valence-corrected chi connectivity index (χ2v) is 8.49. The highest BCUT2D eigenvalue weighted by Crippen LogP contribution is 2.25. The summed E-state index contributed by atoms with van der Waals surface area (Å²) in [7, 11) is 1.75. The van der Waals surface area contributed by atoms with Crippen molar-refractivity contribution in [3.8, 4) is 0 Å². The molecule has 0 spiro atoms. The van der Waals surface area contributed by atoms with Crippen molar-refractivity contribution in [1.29, 1.82) is 0 Å². The Kier molecular flexibility index (Phi) is 9.86. The standard InChI is InChI=1S/C21H29N5OS.HI/c1-15-12-23-19(28-15)14-25-21(22-2)24-13-16-7-6-10-18(11-16)26-20(27)17-8-4-3-5-9-17;/h6-7,10-12,17H,3-5,8-9,13-14H2,1-2H3,(H,26,27)(H2,22,24,25);1H. The fourth-order valence-corrected chi connectivity index (χ4v) is 4.14. The number of hydrogen-bond donors (Lipinski definition) is 3. The van der Waals surface area contributed by atoms with E-state index >= 15 is 0 Å². The first-order chi connectivity index (χ1) is 13.6. The molecule has 1 saturated carbocycles. The predicted molar refractivity (Wildman–Crippen MR) is 131 cm³/mol. The molecule has 1 aliphatic carbocycles. The molecular weight excluding hydrogens is 497 g/mol. The highest BCUT2D eigenvalue weighted by molar-refractivity contribution is 14.0. The van der Waals surface area contributed by atoms with Gasteiger partial charge in [0, 0.05) is 36.3 Å². The van der Waals surface area contributed by atoms with Crippen molar-refractivity contribution in [2.24, 2.45) is 10.9 Å². The van der Waals surface area contributed by atoms with Crippen molar-refractivity contribution in [2.45, 2.75) is 52.1 Å². The summed E-state index contributed by atoms with van der Waals surface area (Å²) in [4.78, 5) is 22.3. The molecule has 8 heteroatoms. The molecule has 3 N–H and O–H groups in total. The van der Waals surface area contributed by atoms with Crippen molar-refractivity contribution >= 4 is 52.9 Å². The Hall–Kier alpha value is -1.68. The van der Waals surface area contributed by atoms with Gasteiger partial charge in [0.1, 0.15) is 5.01 Å². The van der Waals surface area contributed by atoms with Gasteiger partial charge in [-0.25, -0.2) is 4.98 Å². The van der Waals surface area contributed by atoms with E-state index in [1.807, 2.05) is 37.4 Å². The molecule has 1 amide bonds. The van der Waals surface area contributed by atoms with Gasteiger partial charge in [0.05, 0.1) is 6.54 Å².